The van der Waals surface area contributed by atoms with Crippen LogP contribution in [0.1, 0.15) is 44.2 Å². The average molecular weight is 416 g/mol. The number of carbonyl (C=O) groups excluding carboxylic acids is 1. The molecule has 1 heterocycles. The van der Waals surface area contributed by atoms with Gasteiger partial charge in [-0.15, -0.1) is 0 Å². The van der Waals surface area contributed by atoms with Crippen LogP contribution in [0.15, 0.2) is 40.9 Å². The summed E-state index contributed by atoms with van der Waals surface area (Å²) in [4.78, 5) is 13.0. The van der Waals surface area contributed by atoms with Crippen LogP contribution in [0.3, 0.4) is 0 Å². The Morgan fingerprint density at radius 2 is 1.92 bits per heavy atom. The van der Waals surface area contributed by atoms with Crippen molar-refractivity contribution in [3.63, 3.8) is 0 Å². The van der Waals surface area contributed by atoms with E-state index in [1.807, 2.05) is 36.4 Å². The highest BCUT2D eigenvalue weighted by Gasteiger charge is 2.60. The maximum atomic E-state index is 13.0. The van der Waals surface area contributed by atoms with Crippen LogP contribution in [0.25, 0.3) is 11.3 Å². The summed E-state index contributed by atoms with van der Waals surface area (Å²) in [6.07, 6.45) is 6.60. The number of hydrogen-bond donors (Lipinski definition) is 0. The molecule has 1 aromatic carbocycles. The van der Waals surface area contributed by atoms with Crippen LogP contribution in [0.4, 0.5) is 0 Å². The Bertz CT molecular complexity index is 817. The first-order chi connectivity index (χ1) is 12.5. The second-order valence-corrected chi connectivity index (χ2v) is 10.2. The van der Waals surface area contributed by atoms with Crippen LogP contribution in [0.5, 0.6) is 0 Å². The number of hydrogen-bond acceptors (Lipinski definition) is 4. The van der Waals surface area contributed by atoms with Gasteiger partial charge in [-0.05, 0) is 50.4 Å². The largest absolute Gasteiger partial charge is 0.459 e. The van der Waals surface area contributed by atoms with Crippen molar-refractivity contribution >= 4 is 21.9 Å². The van der Waals surface area contributed by atoms with Crippen molar-refractivity contribution in [2.75, 3.05) is 0 Å². The number of alkyl halides is 1. The Balaban J connectivity index is 1.28. The standard InChI is InChI=1S/C21H22BrNO3/c22-21-10-14-6-15(11-21)9-20(8-14,13-21)19(24)25-12-17-7-18(26-23-17)16-4-2-1-3-5-16/h1-5,7,14-15H,6,8-13H2/t14-,15+,20?,21?. The molecule has 5 heteroatoms. The van der Waals surface area contributed by atoms with Gasteiger partial charge < -0.3 is 9.26 Å². The molecule has 0 aliphatic heterocycles. The third-order valence-electron chi connectivity index (χ3n) is 6.39. The van der Waals surface area contributed by atoms with Crippen molar-refractivity contribution in [2.45, 2.75) is 49.5 Å². The van der Waals surface area contributed by atoms with E-state index in [4.69, 9.17) is 9.26 Å². The minimum absolute atomic E-state index is 0.0420. The maximum Gasteiger partial charge on any atom is 0.312 e. The zero-order chi connectivity index (χ0) is 17.8. The van der Waals surface area contributed by atoms with Crippen LogP contribution < -0.4 is 0 Å². The number of benzene rings is 1. The van der Waals surface area contributed by atoms with E-state index in [0.717, 1.165) is 24.8 Å². The highest BCUT2D eigenvalue weighted by Crippen LogP contribution is 2.64. The molecule has 0 spiro atoms. The number of ether oxygens (including phenoxy) is 1. The van der Waals surface area contributed by atoms with Crippen molar-refractivity contribution in [2.24, 2.45) is 17.3 Å². The molecule has 136 valence electrons. The average Bonchev–Trinajstić information content (AvgIpc) is 3.07. The molecule has 26 heavy (non-hydrogen) atoms. The second kappa shape index (κ2) is 5.95. The lowest BCUT2D eigenvalue weighted by molar-refractivity contribution is -0.171. The van der Waals surface area contributed by atoms with E-state index in [0.29, 0.717) is 23.3 Å². The van der Waals surface area contributed by atoms with E-state index in [1.54, 1.807) is 0 Å². The fraction of sp³-hybridized carbons (Fsp3) is 0.524. The molecule has 4 atom stereocenters. The van der Waals surface area contributed by atoms with Gasteiger partial charge in [0.15, 0.2) is 5.76 Å². The fourth-order valence-electron chi connectivity index (χ4n) is 5.80. The van der Waals surface area contributed by atoms with Gasteiger partial charge in [-0.2, -0.15) is 0 Å². The number of halogens is 1. The maximum absolute atomic E-state index is 13.0. The Morgan fingerprint density at radius 1 is 1.19 bits per heavy atom. The Hall–Kier alpha value is -1.62. The van der Waals surface area contributed by atoms with Gasteiger partial charge in [-0.25, -0.2) is 0 Å². The molecule has 0 N–H and O–H groups in total. The van der Waals surface area contributed by atoms with Crippen LogP contribution in [0, 0.1) is 17.3 Å². The number of esters is 1. The zero-order valence-corrected chi connectivity index (χ0v) is 16.2. The van der Waals surface area contributed by atoms with Gasteiger partial charge in [-0.3, -0.25) is 4.79 Å². The smallest absolute Gasteiger partial charge is 0.312 e. The highest BCUT2D eigenvalue weighted by molar-refractivity contribution is 9.10. The Labute approximate surface area is 161 Å². The van der Waals surface area contributed by atoms with Gasteiger partial charge in [0.25, 0.3) is 0 Å². The second-order valence-electron chi connectivity index (χ2n) is 8.52. The molecular weight excluding hydrogens is 394 g/mol. The van der Waals surface area contributed by atoms with Crippen molar-refractivity contribution < 1.29 is 14.1 Å². The minimum atomic E-state index is -0.292. The zero-order valence-electron chi connectivity index (χ0n) is 14.6. The van der Waals surface area contributed by atoms with Gasteiger partial charge in [-0.1, -0.05) is 51.4 Å². The fourth-order valence-corrected chi connectivity index (χ4v) is 7.25. The van der Waals surface area contributed by atoms with Crippen molar-refractivity contribution in [3.8, 4) is 11.3 Å². The van der Waals surface area contributed by atoms with E-state index < -0.39 is 0 Å². The first-order valence-corrected chi connectivity index (χ1v) is 10.2. The van der Waals surface area contributed by atoms with E-state index in [9.17, 15) is 4.79 Å². The first-order valence-electron chi connectivity index (χ1n) is 9.41. The quantitative estimate of drug-likeness (QED) is 0.513. The lowest BCUT2D eigenvalue weighted by Gasteiger charge is -2.58. The lowest BCUT2D eigenvalue weighted by Crippen LogP contribution is -2.56. The van der Waals surface area contributed by atoms with Gasteiger partial charge in [0, 0.05) is 16.0 Å². The molecule has 0 saturated heterocycles. The Kier molecular flexibility index (Phi) is 3.78. The molecule has 4 aliphatic carbocycles. The number of aromatic nitrogens is 1. The molecule has 6 rings (SSSR count). The first kappa shape index (κ1) is 16.5. The predicted octanol–water partition coefficient (Wildman–Crippen LogP) is 5.12. The molecule has 2 aromatic rings. The SMILES string of the molecule is O=C(OCc1cc(-c2ccccc2)on1)C12C[C@@H]3C[C@@H](CC(Br)(C3)C1)C2. The summed E-state index contributed by atoms with van der Waals surface area (Å²) in [7, 11) is 0. The van der Waals surface area contributed by atoms with E-state index in [1.165, 1.54) is 19.3 Å². The summed E-state index contributed by atoms with van der Waals surface area (Å²) < 4.78 is 11.3. The van der Waals surface area contributed by atoms with Crippen molar-refractivity contribution in [1.29, 1.82) is 0 Å². The van der Waals surface area contributed by atoms with Crippen LogP contribution in [-0.4, -0.2) is 15.5 Å². The molecule has 0 amide bonds. The Morgan fingerprint density at radius 3 is 2.62 bits per heavy atom. The van der Waals surface area contributed by atoms with Gasteiger partial charge in [0.05, 0.1) is 5.41 Å². The van der Waals surface area contributed by atoms with E-state index in [-0.39, 0.29) is 22.3 Å². The number of rotatable bonds is 4. The molecule has 4 saturated carbocycles. The van der Waals surface area contributed by atoms with Crippen LogP contribution in [-0.2, 0) is 16.1 Å². The lowest BCUT2D eigenvalue weighted by atomic mass is 9.49. The molecule has 0 radical (unpaired) electrons. The summed E-state index contributed by atoms with van der Waals surface area (Å²) in [6, 6.07) is 11.7. The molecule has 4 aliphatic rings. The van der Waals surface area contributed by atoms with E-state index in [2.05, 4.69) is 21.1 Å². The minimum Gasteiger partial charge on any atom is -0.459 e. The molecule has 2 unspecified atom stereocenters. The summed E-state index contributed by atoms with van der Waals surface area (Å²) in [5.74, 6) is 1.99. The number of nitrogens with zero attached hydrogens (tertiary/aromatic N) is 1. The van der Waals surface area contributed by atoms with Crippen molar-refractivity contribution in [3.05, 3.63) is 42.1 Å². The van der Waals surface area contributed by atoms with Gasteiger partial charge >= 0.3 is 5.97 Å². The normalized spacial score (nSPS) is 34.8. The third-order valence-corrected chi connectivity index (χ3v) is 7.32. The van der Waals surface area contributed by atoms with Crippen LogP contribution >= 0.6 is 15.9 Å². The van der Waals surface area contributed by atoms with Gasteiger partial charge in [0.1, 0.15) is 12.3 Å². The van der Waals surface area contributed by atoms with Gasteiger partial charge in [0.2, 0.25) is 0 Å². The molecule has 4 nitrogen and oxygen atoms in total. The summed E-state index contributed by atoms with van der Waals surface area (Å²) >= 11 is 3.95. The summed E-state index contributed by atoms with van der Waals surface area (Å²) in [5, 5.41) is 4.06. The molecular formula is C21H22BrNO3. The van der Waals surface area contributed by atoms with Crippen LogP contribution in [0.2, 0.25) is 0 Å². The van der Waals surface area contributed by atoms with Crippen molar-refractivity contribution in [1.82, 2.24) is 5.16 Å². The molecule has 4 bridgehead atoms. The molecule has 4 fully saturated rings. The predicted molar refractivity (Wildman–Crippen MR) is 101 cm³/mol. The monoisotopic (exact) mass is 415 g/mol. The number of carbonyl (C=O) groups is 1. The summed E-state index contributed by atoms with van der Waals surface area (Å²) in [6.45, 7) is 0.182. The highest BCUT2D eigenvalue weighted by atomic mass is 79.9. The van der Waals surface area contributed by atoms with E-state index >= 15 is 0 Å². The third kappa shape index (κ3) is 2.81. The topological polar surface area (TPSA) is 52.3 Å². The summed E-state index contributed by atoms with van der Waals surface area (Å²) in [5.41, 5.74) is 1.34. The molecule has 1 aromatic heterocycles.